The van der Waals surface area contributed by atoms with Crippen molar-refractivity contribution >= 4 is 27.8 Å². The molecule has 0 N–H and O–H groups in total. The number of nitrogens with zero attached hydrogens (tertiary/aromatic N) is 1. The molecule has 0 radical (unpaired) electrons. The SMILES string of the molecule is c1ccc(-c2cc3c(c4ccccc24)C(c2ccccc2)(c2ccccc2)c2cccc(N(c4ccccc4)c4ccc5c(c4)C(c4ccccc4)(c4ccccc4)c4ccccc4-5)c2-3)cc1. The summed E-state index contributed by atoms with van der Waals surface area (Å²) in [6.45, 7) is 0. The van der Waals surface area contributed by atoms with Gasteiger partial charge in [-0.2, -0.15) is 0 Å². The summed E-state index contributed by atoms with van der Waals surface area (Å²) in [5.41, 5.74) is 19.7. The Morgan fingerprint density at radius 2 is 0.746 bits per heavy atom. The molecule has 67 heavy (non-hydrogen) atoms. The molecule has 0 atom stereocenters. The quantitative estimate of drug-likeness (QED) is 0.147. The maximum absolute atomic E-state index is 2.52. The van der Waals surface area contributed by atoms with Crippen molar-refractivity contribution in [3.8, 4) is 33.4 Å². The van der Waals surface area contributed by atoms with Crippen molar-refractivity contribution in [3.05, 3.63) is 317 Å². The van der Waals surface area contributed by atoms with Gasteiger partial charge in [0, 0.05) is 16.9 Å². The van der Waals surface area contributed by atoms with Crippen LogP contribution in [-0.4, -0.2) is 0 Å². The number of hydrogen-bond acceptors (Lipinski definition) is 1. The van der Waals surface area contributed by atoms with Crippen LogP contribution in [0, 0.1) is 0 Å². The van der Waals surface area contributed by atoms with Crippen molar-refractivity contribution in [2.24, 2.45) is 0 Å². The van der Waals surface area contributed by atoms with Crippen LogP contribution in [0.3, 0.4) is 0 Å². The molecule has 0 fully saturated rings. The number of hydrogen-bond donors (Lipinski definition) is 0. The Kier molecular flexibility index (Phi) is 9.05. The average Bonchev–Trinajstić information content (AvgIpc) is 3.89. The zero-order valence-electron chi connectivity index (χ0n) is 36.9. The molecule has 2 aliphatic carbocycles. The van der Waals surface area contributed by atoms with Gasteiger partial charge >= 0.3 is 0 Å². The van der Waals surface area contributed by atoms with Gasteiger partial charge in [0.05, 0.1) is 16.5 Å². The number of rotatable bonds is 8. The first-order valence-corrected chi connectivity index (χ1v) is 23.3. The van der Waals surface area contributed by atoms with Gasteiger partial charge in [0.1, 0.15) is 0 Å². The largest absolute Gasteiger partial charge is 0.310 e. The maximum Gasteiger partial charge on any atom is 0.0720 e. The van der Waals surface area contributed by atoms with Crippen molar-refractivity contribution in [3.63, 3.8) is 0 Å². The van der Waals surface area contributed by atoms with Crippen LogP contribution in [0.2, 0.25) is 0 Å². The molecule has 0 bridgehead atoms. The molecule has 314 valence electrons. The van der Waals surface area contributed by atoms with Crippen molar-refractivity contribution in [2.75, 3.05) is 4.90 Å². The molecule has 0 amide bonds. The molecule has 0 aliphatic heterocycles. The fourth-order valence-corrected chi connectivity index (χ4v) is 12.0. The Labute approximate surface area is 392 Å². The zero-order valence-corrected chi connectivity index (χ0v) is 36.9. The molecule has 11 aromatic rings. The molecule has 0 aromatic heterocycles. The molecular formula is C66H45N. The molecule has 0 unspecified atom stereocenters. The average molecular weight is 852 g/mol. The van der Waals surface area contributed by atoms with Crippen molar-refractivity contribution in [2.45, 2.75) is 10.8 Å². The molecule has 11 aromatic carbocycles. The van der Waals surface area contributed by atoms with Gasteiger partial charge in [-0.15, -0.1) is 0 Å². The summed E-state index contributed by atoms with van der Waals surface area (Å²) in [4.78, 5) is 2.52. The number of anilines is 3. The molecule has 1 heteroatoms. The fraction of sp³-hybridized carbons (Fsp3) is 0.0303. The molecule has 2 aliphatic rings. The highest BCUT2D eigenvalue weighted by Crippen LogP contribution is 2.63. The van der Waals surface area contributed by atoms with Crippen LogP contribution in [0.15, 0.2) is 273 Å². The molecular weight excluding hydrogens is 807 g/mol. The minimum atomic E-state index is -0.629. The first-order valence-electron chi connectivity index (χ1n) is 23.3. The predicted molar refractivity (Wildman–Crippen MR) is 279 cm³/mol. The van der Waals surface area contributed by atoms with E-state index in [0.29, 0.717) is 0 Å². The van der Waals surface area contributed by atoms with E-state index in [2.05, 4.69) is 278 Å². The second-order valence-electron chi connectivity index (χ2n) is 17.9. The lowest BCUT2D eigenvalue weighted by Crippen LogP contribution is -2.29. The summed E-state index contributed by atoms with van der Waals surface area (Å²) in [7, 11) is 0. The van der Waals surface area contributed by atoms with Gasteiger partial charge in [-0.25, -0.2) is 0 Å². The molecule has 0 saturated carbocycles. The Morgan fingerprint density at radius 3 is 1.36 bits per heavy atom. The second kappa shape index (κ2) is 15.6. The Bertz CT molecular complexity index is 3520. The highest BCUT2D eigenvalue weighted by atomic mass is 15.1. The van der Waals surface area contributed by atoms with E-state index in [0.717, 1.165) is 17.1 Å². The van der Waals surface area contributed by atoms with Gasteiger partial charge in [-0.1, -0.05) is 237 Å². The van der Waals surface area contributed by atoms with Crippen molar-refractivity contribution in [1.29, 1.82) is 0 Å². The smallest absolute Gasteiger partial charge is 0.0720 e. The molecule has 0 spiro atoms. The Hall–Kier alpha value is -8.52. The van der Waals surface area contributed by atoms with Gasteiger partial charge in [-0.05, 0) is 119 Å². The fourth-order valence-electron chi connectivity index (χ4n) is 12.0. The Balaban J connectivity index is 1.16. The van der Waals surface area contributed by atoms with Crippen molar-refractivity contribution in [1.82, 2.24) is 0 Å². The van der Waals surface area contributed by atoms with Crippen LogP contribution in [0.1, 0.15) is 44.5 Å². The van der Waals surface area contributed by atoms with Crippen LogP contribution in [0.25, 0.3) is 44.2 Å². The summed E-state index contributed by atoms with van der Waals surface area (Å²) < 4.78 is 0. The highest BCUT2D eigenvalue weighted by molar-refractivity contribution is 6.10. The van der Waals surface area contributed by atoms with Crippen LogP contribution in [-0.2, 0) is 10.8 Å². The summed E-state index contributed by atoms with van der Waals surface area (Å²) in [6.07, 6.45) is 0. The topological polar surface area (TPSA) is 3.24 Å². The van der Waals surface area contributed by atoms with Gasteiger partial charge in [0.2, 0.25) is 0 Å². The summed E-state index contributed by atoms with van der Waals surface area (Å²) in [5.74, 6) is 0. The van der Waals surface area contributed by atoms with E-state index in [1.165, 1.54) is 88.7 Å². The van der Waals surface area contributed by atoms with E-state index in [9.17, 15) is 0 Å². The minimum Gasteiger partial charge on any atom is -0.310 e. The first-order chi connectivity index (χ1) is 33.3. The van der Waals surface area contributed by atoms with Gasteiger partial charge < -0.3 is 4.90 Å². The number of fused-ring (bicyclic) bond motifs is 8. The normalized spacial score (nSPS) is 13.6. The third-order valence-electron chi connectivity index (χ3n) is 14.6. The summed E-state index contributed by atoms with van der Waals surface area (Å²) in [6, 6.07) is 101. The van der Waals surface area contributed by atoms with Crippen LogP contribution in [0.5, 0.6) is 0 Å². The van der Waals surface area contributed by atoms with E-state index in [1.54, 1.807) is 0 Å². The van der Waals surface area contributed by atoms with Gasteiger partial charge in [0.25, 0.3) is 0 Å². The second-order valence-corrected chi connectivity index (χ2v) is 17.9. The lowest BCUT2D eigenvalue weighted by Gasteiger charge is -2.36. The maximum atomic E-state index is 2.52. The van der Waals surface area contributed by atoms with E-state index < -0.39 is 10.8 Å². The molecule has 13 rings (SSSR count). The lowest BCUT2D eigenvalue weighted by atomic mass is 9.66. The number of benzene rings is 11. The highest BCUT2D eigenvalue weighted by Gasteiger charge is 2.50. The zero-order chi connectivity index (χ0) is 44.4. The van der Waals surface area contributed by atoms with Gasteiger partial charge in [0.15, 0.2) is 0 Å². The number of para-hydroxylation sites is 1. The molecule has 0 heterocycles. The summed E-state index contributed by atoms with van der Waals surface area (Å²) in [5, 5.41) is 2.50. The Morgan fingerprint density at radius 1 is 0.269 bits per heavy atom. The van der Waals surface area contributed by atoms with E-state index >= 15 is 0 Å². The van der Waals surface area contributed by atoms with E-state index in [-0.39, 0.29) is 0 Å². The van der Waals surface area contributed by atoms with Crippen LogP contribution < -0.4 is 4.90 Å². The van der Waals surface area contributed by atoms with E-state index in [4.69, 9.17) is 0 Å². The van der Waals surface area contributed by atoms with E-state index in [1.807, 2.05) is 0 Å². The molecule has 1 nitrogen and oxygen atoms in total. The third-order valence-corrected chi connectivity index (χ3v) is 14.6. The standard InChI is InChI=1S/C66H45N/c1-7-24-46(25-8-1)57-45-58-63-60(66(49-30-13-4-14-31-49,50-32-15-5-16-33-50)64(58)56-38-20-19-36-53(56)57)40-23-41-62(63)67(51-34-17-6-18-35-51)52-42-43-55-54-37-21-22-39-59(54)65(61(55)44-52,47-26-9-2-10-27-47)48-28-11-3-12-29-48/h1-45H. The molecule has 0 saturated heterocycles. The lowest BCUT2D eigenvalue weighted by molar-refractivity contribution is 0.768. The van der Waals surface area contributed by atoms with Crippen LogP contribution >= 0.6 is 0 Å². The van der Waals surface area contributed by atoms with Crippen molar-refractivity contribution < 1.29 is 0 Å². The predicted octanol–water partition coefficient (Wildman–Crippen LogP) is 16.7. The van der Waals surface area contributed by atoms with Crippen LogP contribution in [0.4, 0.5) is 17.1 Å². The first kappa shape index (κ1) is 38.9. The van der Waals surface area contributed by atoms with Gasteiger partial charge in [-0.3, -0.25) is 0 Å². The third kappa shape index (κ3) is 5.68. The minimum absolute atomic E-state index is 0.544. The summed E-state index contributed by atoms with van der Waals surface area (Å²) >= 11 is 0. The monoisotopic (exact) mass is 851 g/mol.